The van der Waals surface area contributed by atoms with E-state index in [2.05, 4.69) is 9.97 Å². The van der Waals surface area contributed by atoms with E-state index in [0.717, 1.165) is 5.56 Å². The van der Waals surface area contributed by atoms with Crippen molar-refractivity contribution in [2.24, 2.45) is 0 Å². The Morgan fingerprint density at radius 1 is 0.905 bits per heavy atom. The lowest BCUT2D eigenvalue weighted by Crippen LogP contribution is -2.23. The number of hydrogen-bond donors (Lipinski definition) is 0. The van der Waals surface area contributed by atoms with Crippen LogP contribution in [0.3, 0.4) is 0 Å². The molecule has 1 aromatic carbocycles. The number of benzene rings is 1. The zero-order chi connectivity index (χ0) is 16.0. The van der Waals surface area contributed by atoms with Crippen LogP contribution in [0.2, 0.25) is 0 Å². The van der Waals surface area contributed by atoms with Gasteiger partial charge in [0, 0.05) is 5.41 Å². The molecule has 0 aliphatic heterocycles. The second-order valence-electron chi connectivity index (χ2n) is 6.57. The third kappa shape index (κ3) is 3.17. The van der Waals surface area contributed by atoms with Crippen molar-refractivity contribution in [3.63, 3.8) is 0 Å². The number of halogens is 3. The predicted molar refractivity (Wildman–Crippen MR) is 77.3 cm³/mol. The van der Waals surface area contributed by atoms with E-state index in [9.17, 15) is 13.2 Å². The van der Waals surface area contributed by atoms with Crippen molar-refractivity contribution in [1.82, 2.24) is 9.97 Å². The Balaban J connectivity index is 2.77. The molecular weight excluding hydrogens is 277 g/mol. The maximum absolute atomic E-state index is 13.2. The van der Waals surface area contributed by atoms with Crippen LogP contribution in [0, 0.1) is 0 Å². The van der Waals surface area contributed by atoms with Gasteiger partial charge in [-0.1, -0.05) is 40.7 Å². The number of rotatable bonds is 1. The molecule has 0 N–H and O–H groups in total. The number of hydrogen-bond acceptors (Lipinski definition) is 2. The molecule has 0 fully saturated rings. The highest BCUT2D eigenvalue weighted by Gasteiger charge is 2.39. The normalized spacial score (nSPS) is 13.2. The van der Waals surface area contributed by atoms with Crippen molar-refractivity contribution < 1.29 is 13.2 Å². The Morgan fingerprint density at radius 3 is 1.95 bits per heavy atom. The Morgan fingerprint density at radius 2 is 1.48 bits per heavy atom. The summed E-state index contributed by atoms with van der Waals surface area (Å²) in [5, 5.41) is 0. The number of alkyl halides is 3. The summed E-state index contributed by atoms with van der Waals surface area (Å²) in [6.45, 7) is 9.20. The molecule has 114 valence electrons. The van der Waals surface area contributed by atoms with Crippen LogP contribution >= 0.6 is 0 Å². The van der Waals surface area contributed by atoms with Crippen molar-refractivity contribution in [2.45, 2.75) is 52.1 Å². The first-order valence-corrected chi connectivity index (χ1v) is 6.89. The highest BCUT2D eigenvalue weighted by molar-refractivity contribution is 5.75. The molecule has 1 heterocycles. The Hall–Kier alpha value is -1.65. The molecule has 0 radical (unpaired) electrons. The van der Waals surface area contributed by atoms with Crippen LogP contribution in [0.25, 0.3) is 11.0 Å². The molecule has 5 heteroatoms. The van der Waals surface area contributed by atoms with Crippen LogP contribution in [0.1, 0.15) is 57.5 Å². The van der Waals surface area contributed by atoms with E-state index in [1.807, 2.05) is 19.9 Å². The maximum atomic E-state index is 13.2. The van der Waals surface area contributed by atoms with Gasteiger partial charge < -0.3 is 0 Å². The van der Waals surface area contributed by atoms with Gasteiger partial charge in [-0.25, -0.2) is 9.97 Å². The molecule has 0 unspecified atom stereocenters. The fraction of sp³-hybridized carbons (Fsp3) is 0.500. The standard InChI is InChI=1S/C16H19F3N2/c1-9(2)10-6-7-11-12(8-10)21-13(15(3,4)5)14(20-11)16(17,18)19/h6-9H,1-5H3. The smallest absolute Gasteiger partial charge is 0.248 e. The van der Waals surface area contributed by atoms with E-state index >= 15 is 0 Å². The van der Waals surface area contributed by atoms with Gasteiger partial charge in [-0.2, -0.15) is 13.2 Å². The molecule has 0 spiro atoms. The van der Waals surface area contributed by atoms with Gasteiger partial charge in [0.1, 0.15) is 0 Å². The summed E-state index contributed by atoms with van der Waals surface area (Å²) in [6, 6.07) is 5.24. The summed E-state index contributed by atoms with van der Waals surface area (Å²) in [7, 11) is 0. The summed E-state index contributed by atoms with van der Waals surface area (Å²) >= 11 is 0. The molecular formula is C16H19F3N2. The molecule has 0 amide bonds. The van der Waals surface area contributed by atoms with E-state index in [4.69, 9.17) is 0 Å². The van der Waals surface area contributed by atoms with E-state index in [0.29, 0.717) is 5.52 Å². The van der Waals surface area contributed by atoms with E-state index < -0.39 is 17.3 Å². The summed E-state index contributed by atoms with van der Waals surface area (Å²) < 4.78 is 39.6. The minimum absolute atomic E-state index is 0.0107. The van der Waals surface area contributed by atoms with Crippen molar-refractivity contribution >= 4 is 11.0 Å². The highest BCUT2D eigenvalue weighted by atomic mass is 19.4. The fourth-order valence-corrected chi connectivity index (χ4v) is 2.15. The summed E-state index contributed by atoms with van der Waals surface area (Å²) in [6.07, 6.45) is -4.50. The molecule has 2 aromatic rings. The van der Waals surface area contributed by atoms with E-state index in [-0.39, 0.29) is 17.1 Å². The molecule has 21 heavy (non-hydrogen) atoms. The lowest BCUT2D eigenvalue weighted by Gasteiger charge is -2.22. The molecule has 0 saturated heterocycles. The van der Waals surface area contributed by atoms with Gasteiger partial charge >= 0.3 is 6.18 Å². The fourth-order valence-electron chi connectivity index (χ4n) is 2.15. The minimum Gasteiger partial charge on any atom is -0.248 e. The van der Waals surface area contributed by atoms with Crippen molar-refractivity contribution in [1.29, 1.82) is 0 Å². The first-order chi connectivity index (χ1) is 9.50. The third-order valence-corrected chi connectivity index (χ3v) is 3.33. The Kier molecular flexibility index (Phi) is 3.72. The average molecular weight is 296 g/mol. The molecule has 0 aliphatic rings. The van der Waals surface area contributed by atoms with Crippen LogP contribution in [-0.4, -0.2) is 9.97 Å². The van der Waals surface area contributed by atoms with Gasteiger partial charge in [0.15, 0.2) is 5.69 Å². The second-order valence-corrected chi connectivity index (χ2v) is 6.57. The lowest BCUT2D eigenvalue weighted by molar-refractivity contribution is -0.142. The zero-order valence-corrected chi connectivity index (χ0v) is 12.8. The molecule has 0 saturated carbocycles. The zero-order valence-electron chi connectivity index (χ0n) is 12.8. The molecule has 0 atom stereocenters. The van der Waals surface area contributed by atoms with Gasteiger partial charge in [-0.15, -0.1) is 0 Å². The maximum Gasteiger partial charge on any atom is 0.435 e. The first kappa shape index (κ1) is 15.7. The minimum atomic E-state index is -4.50. The van der Waals surface area contributed by atoms with Gasteiger partial charge in [0.2, 0.25) is 0 Å². The van der Waals surface area contributed by atoms with Gasteiger partial charge in [-0.3, -0.25) is 0 Å². The van der Waals surface area contributed by atoms with Crippen molar-refractivity contribution in [2.75, 3.05) is 0 Å². The SMILES string of the molecule is CC(C)c1ccc2nc(C(F)(F)F)c(C(C)(C)C)nc2c1. The van der Waals surface area contributed by atoms with Gasteiger partial charge in [0.05, 0.1) is 16.7 Å². The first-order valence-electron chi connectivity index (χ1n) is 6.89. The molecule has 0 aliphatic carbocycles. The second kappa shape index (κ2) is 4.97. The summed E-state index contributed by atoms with van der Waals surface area (Å²) in [5.74, 6) is 0.288. The predicted octanol–water partition coefficient (Wildman–Crippen LogP) is 5.07. The molecule has 2 rings (SSSR count). The van der Waals surface area contributed by atoms with Crippen LogP contribution < -0.4 is 0 Å². The van der Waals surface area contributed by atoms with Crippen LogP contribution in [-0.2, 0) is 11.6 Å². The van der Waals surface area contributed by atoms with Crippen LogP contribution in [0.4, 0.5) is 13.2 Å². The van der Waals surface area contributed by atoms with Crippen molar-refractivity contribution in [3.05, 3.63) is 35.2 Å². The monoisotopic (exact) mass is 296 g/mol. The molecule has 1 aromatic heterocycles. The van der Waals surface area contributed by atoms with Gasteiger partial charge in [-0.05, 0) is 23.6 Å². The molecule has 0 bridgehead atoms. The van der Waals surface area contributed by atoms with Crippen LogP contribution in [0.15, 0.2) is 18.2 Å². The number of nitrogens with zero attached hydrogens (tertiary/aromatic N) is 2. The van der Waals surface area contributed by atoms with Gasteiger partial charge in [0.25, 0.3) is 0 Å². The largest absolute Gasteiger partial charge is 0.435 e. The highest BCUT2D eigenvalue weighted by Crippen LogP contribution is 2.36. The van der Waals surface area contributed by atoms with Crippen LogP contribution in [0.5, 0.6) is 0 Å². The third-order valence-electron chi connectivity index (χ3n) is 3.33. The van der Waals surface area contributed by atoms with E-state index in [1.54, 1.807) is 32.9 Å². The topological polar surface area (TPSA) is 25.8 Å². The number of aromatic nitrogens is 2. The Labute approximate surface area is 122 Å². The van der Waals surface area contributed by atoms with E-state index in [1.165, 1.54) is 0 Å². The lowest BCUT2D eigenvalue weighted by atomic mass is 9.89. The Bertz CT molecular complexity index is 668. The summed E-state index contributed by atoms with van der Waals surface area (Å²) in [4.78, 5) is 8.10. The van der Waals surface area contributed by atoms with Crippen molar-refractivity contribution in [3.8, 4) is 0 Å². The average Bonchev–Trinajstić information content (AvgIpc) is 2.34. The summed E-state index contributed by atoms with van der Waals surface area (Å²) in [5.41, 5.74) is 0.207. The molecule has 2 nitrogen and oxygen atoms in total. The number of fused-ring (bicyclic) bond motifs is 1. The quantitative estimate of drug-likeness (QED) is 0.734.